The molecule has 7 heteroatoms. The number of nitrogen functional groups attached to an aromatic ring is 1. The fourth-order valence-corrected chi connectivity index (χ4v) is 3.75. The van der Waals surface area contributed by atoms with Gasteiger partial charge in [-0.3, -0.25) is 0 Å². The van der Waals surface area contributed by atoms with Gasteiger partial charge in [0.15, 0.2) is 5.82 Å². The average molecular weight is 420 g/mol. The molecule has 144 valence electrons. The summed E-state index contributed by atoms with van der Waals surface area (Å²) in [6.45, 7) is 0.587. The predicted molar refractivity (Wildman–Crippen MR) is 119 cm³/mol. The first kappa shape index (κ1) is 19.2. The summed E-state index contributed by atoms with van der Waals surface area (Å²) in [6.07, 6.45) is 3.29. The van der Waals surface area contributed by atoms with Gasteiger partial charge in [-0.1, -0.05) is 59.8 Å². The Morgan fingerprint density at radius 1 is 0.862 bits per heavy atom. The van der Waals surface area contributed by atoms with Crippen molar-refractivity contribution in [1.82, 2.24) is 15.0 Å². The molecule has 4 rings (SSSR count). The number of anilines is 3. The first-order valence-corrected chi connectivity index (χ1v) is 10.2. The van der Waals surface area contributed by atoms with Crippen molar-refractivity contribution in [3.8, 4) is 0 Å². The third-order valence-electron chi connectivity index (χ3n) is 4.22. The summed E-state index contributed by atoms with van der Waals surface area (Å²) in [7, 11) is 0. The zero-order valence-electron chi connectivity index (χ0n) is 15.4. The molecule has 0 fully saturated rings. The van der Waals surface area contributed by atoms with Crippen molar-refractivity contribution in [3.05, 3.63) is 95.9 Å². The van der Waals surface area contributed by atoms with Crippen molar-refractivity contribution in [1.29, 1.82) is 0 Å². The van der Waals surface area contributed by atoms with Gasteiger partial charge < -0.3 is 10.6 Å². The SMILES string of the molecule is Nc1c(Sc2ccc(Cl)cc2)ncnc1N(Cc1ccccc1)c1ccccn1. The summed E-state index contributed by atoms with van der Waals surface area (Å²) in [5.41, 5.74) is 8.15. The molecular weight excluding hydrogens is 402 g/mol. The van der Waals surface area contributed by atoms with Gasteiger partial charge in [0.05, 0.1) is 6.54 Å². The maximum absolute atomic E-state index is 6.51. The molecule has 2 aromatic heterocycles. The number of halogens is 1. The number of benzene rings is 2. The Balaban J connectivity index is 1.71. The maximum atomic E-state index is 6.51. The fraction of sp³-hybridized carbons (Fsp3) is 0.0455. The summed E-state index contributed by atoms with van der Waals surface area (Å²) in [4.78, 5) is 16.4. The number of pyridine rings is 1. The third kappa shape index (κ3) is 4.67. The minimum absolute atomic E-state index is 0.508. The van der Waals surface area contributed by atoms with Crippen LogP contribution in [0.4, 0.5) is 17.3 Å². The number of hydrogen-bond acceptors (Lipinski definition) is 6. The molecule has 0 aliphatic carbocycles. The van der Waals surface area contributed by atoms with Crippen molar-refractivity contribution >= 4 is 40.7 Å². The molecule has 0 spiro atoms. The smallest absolute Gasteiger partial charge is 0.162 e. The second kappa shape index (κ2) is 8.94. The van der Waals surface area contributed by atoms with Crippen LogP contribution in [-0.2, 0) is 6.54 Å². The molecule has 0 saturated heterocycles. The number of nitrogens with zero attached hydrogens (tertiary/aromatic N) is 4. The Kier molecular flexibility index (Phi) is 5.93. The lowest BCUT2D eigenvalue weighted by Crippen LogP contribution is -2.20. The molecule has 0 radical (unpaired) electrons. The minimum atomic E-state index is 0.508. The molecule has 0 unspecified atom stereocenters. The maximum Gasteiger partial charge on any atom is 0.162 e. The summed E-state index contributed by atoms with van der Waals surface area (Å²) < 4.78 is 0. The summed E-state index contributed by atoms with van der Waals surface area (Å²) >= 11 is 7.46. The van der Waals surface area contributed by atoms with Gasteiger partial charge in [-0.15, -0.1) is 0 Å². The van der Waals surface area contributed by atoms with Crippen LogP contribution in [0.2, 0.25) is 5.02 Å². The fourth-order valence-electron chi connectivity index (χ4n) is 2.83. The van der Waals surface area contributed by atoms with E-state index in [4.69, 9.17) is 17.3 Å². The first-order valence-electron chi connectivity index (χ1n) is 8.97. The molecule has 0 atom stereocenters. The number of nitrogens with two attached hydrogens (primary N) is 1. The molecule has 0 aliphatic heterocycles. The minimum Gasteiger partial charge on any atom is -0.394 e. The molecule has 0 saturated carbocycles. The lowest BCUT2D eigenvalue weighted by Gasteiger charge is -2.24. The van der Waals surface area contributed by atoms with Crippen LogP contribution in [0, 0.1) is 0 Å². The van der Waals surface area contributed by atoms with E-state index in [1.807, 2.05) is 65.6 Å². The third-order valence-corrected chi connectivity index (χ3v) is 5.50. The normalized spacial score (nSPS) is 10.7. The molecule has 29 heavy (non-hydrogen) atoms. The highest BCUT2D eigenvalue weighted by atomic mass is 35.5. The van der Waals surface area contributed by atoms with Crippen LogP contribution in [-0.4, -0.2) is 15.0 Å². The largest absolute Gasteiger partial charge is 0.394 e. The van der Waals surface area contributed by atoms with Gasteiger partial charge in [-0.05, 0) is 42.0 Å². The van der Waals surface area contributed by atoms with E-state index < -0.39 is 0 Å². The van der Waals surface area contributed by atoms with Gasteiger partial charge in [0.25, 0.3) is 0 Å². The van der Waals surface area contributed by atoms with Crippen molar-refractivity contribution in [2.45, 2.75) is 16.5 Å². The number of rotatable bonds is 6. The molecule has 2 aromatic carbocycles. The van der Waals surface area contributed by atoms with Gasteiger partial charge >= 0.3 is 0 Å². The van der Waals surface area contributed by atoms with Crippen molar-refractivity contribution in [2.24, 2.45) is 0 Å². The van der Waals surface area contributed by atoms with E-state index >= 15 is 0 Å². The van der Waals surface area contributed by atoms with E-state index in [1.54, 1.807) is 6.20 Å². The zero-order chi connectivity index (χ0) is 20.1. The Hall–Kier alpha value is -3.09. The average Bonchev–Trinajstić information content (AvgIpc) is 2.77. The van der Waals surface area contributed by atoms with E-state index in [1.165, 1.54) is 18.1 Å². The molecule has 4 aromatic rings. The highest BCUT2D eigenvalue weighted by Gasteiger charge is 2.19. The second-order valence-corrected chi connectivity index (χ2v) is 7.73. The molecule has 5 nitrogen and oxygen atoms in total. The van der Waals surface area contributed by atoms with Crippen LogP contribution in [0.15, 0.2) is 95.2 Å². The van der Waals surface area contributed by atoms with Crippen LogP contribution < -0.4 is 10.6 Å². The lowest BCUT2D eigenvalue weighted by atomic mass is 10.2. The van der Waals surface area contributed by atoms with E-state index in [2.05, 4.69) is 27.1 Å². The Morgan fingerprint density at radius 3 is 2.34 bits per heavy atom. The Morgan fingerprint density at radius 2 is 1.62 bits per heavy atom. The topological polar surface area (TPSA) is 67.9 Å². The highest BCUT2D eigenvalue weighted by Crippen LogP contribution is 2.37. The predicted octanol–water partition coefficient (Wildman–Crippen LogP) is 5.60. The Bertz CT molecular complexity index is 1080. The van der Waals surface area contributed by atoms with Gasteiger partial charge in [0.1, 0.15) is 22.9 Å². The summed E-state index contributed by atoms with van der Waals surface area (Å²) in [6, 6.07) is 23.5. The van der Waals surface area contributed by atoms with Gasteiger partial charge in [0.2, 0.25) is 0 Å². The molecule has 0 amide bonds. The van der Waals surface area contributed by atoms with E-state index in [0.29, 0.717) is 28.1 Å². The van der Waals surface area contributed by atoms with Gasteiger partial charge in [-0.25, -0.2) is 15.0 Å². The van der Waals surface area contributed by atoms with Crippen molar-refractivity contribution < 1.29 is 0 Å². The van der Waals surface area contributed by atoms with Crippen LogP contribution in [0.3, 0.4) is 0 Å². The van der Waals surface area contributed by atoms with Crippen molar-refractivity contribution in [3.63, 3.8) is 0 Å². The number of hydrogen-bond donors (Lipinski definition) is 1. The standard InChI is InChI=1S/C22H18ClN5S/c23-17-9-11-18(12-10-17)29-22-20(24)21(26-15-27-22)28(19-8-4-5-13-25-19)14-16-6-2-1-3-7-16/h1-13,15H,14,24H2. The van der Waals surface area contributed by atoms with Gasteiger partial charge in [0, 0.05) is 16.1 Å². The molecule has 2 heterocycles. The quantitative estimate of drug-likeness (QED) is 0.410. The molecular formula is C22H18ClN5S. The van der Waals surface area contributed by atoms with E-state index in [0.717, 1.165) is 16.3 Å². The highest BCUT2D eigenvalue weighted by molar-refractivity contribution is 7.99. The summed E-state index contributed by atoms with van der Waals surface area (Å²) in [5.74, 6) is 1.39. The Labute approximate surface area is 178 Å². The first-order chi connectivity index (χ1) is 14.2. The summed E-state index contributed by atoms with van der Waals surface area (Å²) in [5, 5.41) is 1.38. The molecule has 2 N–H and O–H groups in total. The van der Waals surface area contributed by atoms with Crippen LogP contribution >= 0.6 is 23.4 Å². The number of aromatic nitrogens is 3. The molecule has 0 bridgehead atoms. The van der Waals surface area contributed by atoms with Crippen molar-refractivity contribution in [2.75, 3.05) is 10.6 Å². The van der Waals surface area contributed by atoms with Crippen LogP contribution in [0.1, 0.15) is 5.56 Å². The van der Waals surface area contributed by atoms with Gasteiger partial charge in [-0.2, -0.15) is 0 Å². The second-order valence-electron chi connectivity index (χ2n) is 6.23. The van der Waals surface area contributed by atoms with E-state index in [9.17, 15) is 0 Å². The lowest BCUT2D eigenvalue weighted by molar-refractivity contribution is 0.905. The van der Waals surface area contributed by atoms with E-state index in [-0.39, 0.29) is 0 Å². The molecule has 0 aliphatic rings. The van der Waals surface area contributed by atoms with Crippen LogP contribution in [0.5, 0.6) is 0 Å². The monoisotopic (exact) mass is 419 g/mol. The van der Waals surface area contributed by atoms with Crippen LogP contribution in [0.25, 0.3) is 0 Å². The zero-order valence-corrected chi connectivity index (χ0v) is 17.0.